The van der Waals surface area contributed by atoms with E-state index in [-0.39, 0.29) is 17.7 Å². The van der Waals surface area contributed by atoms with Gasteiger partial charge in [0, 0.05) is 11.6 Å². The second-order valence-corrected chi connectivity index (χ2v) is 7.10. The van der Waals surface area contributed by atoms with Gasteiger partial charge in [0.15, 0.2) is 0 Å². The van der Waals surface area contributed by atoms with Crippen molar-refractivity contribution in [1.82, 2.24) is 15.0 Å². The molecule has 2 heterocycles. The summed E-state index contributed by atoms with van der Waals surface area (Å²) in [7, 11) is 0. The first-order chi connectivity index (χ1) is 13.2. The van der Waals surface area contributed by atoms with Crippen LogP contribution in [0.1, 0.15) is 17.4 Å². The maximum Gasteiger partial charge on any atom is 0.287 e. The van der Waals surface area contributed by atoms with Gasteiger partial charge in [0.25, 0.3) is 5.91 Å². The minimum Gasteiger partial charge on any atom is -0.448 e. The van der Waals surface area contributed by atoms with E-state index in [9.17, 15) is 4.79 Å². The van der Waals surface area contributed by atoms with E-state index in [4.69, 9.17) is 16.0 Å². The Hall–Kier alpha value is -2.77. The second kappa shape index (κ2) is 7.85. The lowest BCUT2D eigenvalue weighted by molar-refractivity contribution is -0.115. The van der Waals surface area contributed by atoms with Gasteiger partial charge in [0.1, 0.15) is 6.26 Å². The topological polar surface area (TPSA) is 79.5 Å². The fraction of sp³-hybridized carbons (Fsp3) is 0.105. The minimum absolute atomic E-state index is 0.187. The predicted molar refractivity (Wildman–Crippen MR) is 105 cm³/mol. The van der Waals surface area contributed by atoms with Crippen LogP contribution >= 0.6 is 23.5 Å². The lowest BCUT2D eigenvalue weighted by Crippen LogP contribution is -2.40. The number of aromatic nitrogens is 1. The number of nitrogens with one attached hydrogen (secondary N) is 2. The molecule has 4 rings (SSSR count). The summed E-state index contributed by atoms with van der Waals surface area (Å²) >= 11 is 7.29. The monoisotopic (exact) mass is 398 g/mol. The van der Waals surface area contributed by atoms with Crippen LogP contribution in [0.25, 0.3) is 0 Å². The molecule has 1 aromatic heterocycles. The summed E-state index contributed by atoms with van der Waals surface area (Å²) in [5.41, 5.74) is 1.72. The molecule has 1 aliphatic rings. The van der Waals surface area contributed by atoms with Gasteiger partial charge in [-0.2, -0.15) is 0 Å². The standard InChI is InChI=1S/C19H15ClN4O2S/c20-13-6-7-15-16(10-13)27-24-17(23-15)18(25)22-11-14(19-21-8-9-26-19)12-4-2-1-3-5-12/h1-10,14H,11H2,(H,22,25)(H,23,24). The summed E-state index contributed by atoms with van der Waals surface area (Å²) in [5.74, 6) is 0.312. The molecule has 1 aliphatic heterocycles. The van der Waals surface area contributed by atoms with Crippen LogP contribution in [0.15, 0.2) is 75.3 Å². The highest BCUT2D eigenvalue weighted by Gasteiger charge is 2.23. The molecule has 0 saturated heterocycles. The van der Waals surface area contributed by atoms with Gasteiger partial charge in [-0.25, -0.2) is 9.98 Å². The molecular formula is C19H15ClN4O2S. The number of hydrogen-bond acceptors (Lipinski definition) is 6. The molecule has 1 amide bonds. The molecule has 27 heavy (non-hydrogen) atoms. The lowest BCUT2D eigenvalue weighted by atomic mass is 9.99. The zero-order valence-electron chi connectivity index (χ0n) is 14.1. The minimum atomic E-state index is -0.296. The number of amides is 1. The van der Waals surface area contributed by atoms with Crippen molar-refractivity contribution in [3.05, 3.63) is 77.5 Å². The van der Waals surface area contributed by atoms with Crippen molar-refractivity contribution in [3.63, 3.8) is 0 Å². The number of aliphatic imine (C=N–C) groups is 1. The van der Waals surface area contributed by atoms with Gasteiger partial charge in [0.05, 0.1) is 22.7 Å². The number of carbonyl (C=O) groups is 1. The Kier molecular flexibility index (Phi) is 5.13. The van der Waals surface area contributed by atoms with E-state index in [1.807, 2.05) is 30.3 Å². The van der Waals surface area contributed by atoms with Gasteiger partial charge in [-0.3, -0.25) is 4.79 Å². The highest BCUT2D eigenvalue weighted by atomic mass is 35.5. The first-order valence-corrected chi connectivity index (χ1v) is 9.44. The summed E-state index contributed by atoms with van der Waals surface area (Å²) < 4.78 is 8.42. The Labute approximate surface area is 165 Å². The van der Waals surface area contributed by atoms with Crippen molar-refractivity contribution < 1.29 is 9.21 Å². The number of oxazole rings is 1. The van der Waals surface area contributed by atoms with Gasteiger partial charge in [-0.15, -0.1) is 0 Å². The molecule has 1 atom stereocenters. The average Bonchev–Trinajstić information content (AvgIpc) is 3.23. The lowest BCUT2D eigenvalue weighted by Gasteiger charge is -2.18. The van der Waals surface area contributed by atoms with Gasteiger partial charge in [-0.05, 0) is 35.7 Å². The van der Waals surface area contributed by atoms with Gasteiger partial charge in [0.2, 0.25) is 11.7 Å². The smallest absolute Gasteiger partial charge is 0.287 e. The molecule has 6 nitrogen and oxygen atoms in total. The summed E-state index contributed by atoms with van der Waals surface area (Å²) in [4.78, 5) is 22.1. The van der Waals surface area contributed by atoms with Crippen molar-refractivity contribution in [3.8, 4) is 0 Å². The van der Waals surface area contributed by atoms with Crippen LogP contribution in [0.5, 0.6) is 0 Å². The molecule has 3 aromatic rings. The number of hydrogen-bond donors (Lipinski definition) is 2. The molecule has 8 heteroatoms. The van der Waals surface area contributed by atoms with Gasteiger partial charge in [-0.1, -0.05) is 41.9 Å². The van der Waals surface area contributed by atoms with Crippen LogP contribution in [0, 0.1) is 0 Å². The maximum absolute atomic E-state index is 12.6. The number of fused-ring (bicyclic) bond motifs is 1. The van der Waals surface area contributed by atoms with Crippen LogP contribution in [0.3, 0.4) is 0 Å². The molecule has 0 radical (unpaired) electrons. The average molecular weight is 399 g/mol. The van der Waals surface area contributed by atoms with Crippen molar-refractivity contribution in [2.75, 3.05) is 6.54 Å². The highest BCUT2D eigenvalue weighted by Crippen LogP contribution is 2.33. The SMILES string of the molecule is O=C(NCC(c1ccccc1)c1ncco1)C1=Nc2ccc(Cl)cc2SN1. The molecule has 2 aromatic carbocycles. The summed E-state index contributed by atoms with van der Waals surface area (Å²) in [6, 6.07) is 15.1. The summed E-state index contributed by atoms with van der Waals surface area (Å²) in [6.07, 6.45) is 3.12. The molecule has 136 valence electrons. The highest BCUT2D eigenvalue weighted by molar-refractivity contribution is 7.98. The van der Waals surface area contributed by atoms with E-state index in [1.54, 1.807) is 24.4 Å². The molecule has 0 aliphatic carbocycles. The Bertz CT molecular complexity index is 977. The van der Waals surface area contributed by atoms with Crippen molar-refractivity contribution in [2.45, 2.75) is 10.8 Å². The third-order valence-corrected chi connectivity index (χ3v) is 5.12. The van der Waals surface area contributed by atoms with E-state index in [1.165, 1.54) is 18.2 Å². The van der Waals surface area contributed by atoms with Crippen LogP contribution in [-0.2, 0) is 4.79 Å². The molecule has 0 saturated carbocycles. The van der Waals surface area contributed by atoms with Crippen molar-refractivity contribution in [2.24, 2.45) is 4.99 Å². The first kappa shape index (κ1) is 17.6. The van der Waals surface area contributed by atoms with E-state index >= 15 is 0 Å². The zero-order chi connectivity index (χ0) is 18.6. The van der Waals surface area contributed by atoms with Gasteiger partial charge < -0.3 is 14.5 Å². The molecule has 1 unspecified atom stereocenters. The van der Waals surface area contributed by atoms with E-state index in [0.717, 1.165) is 10.5 Å². The van der Waals surface area contributed by atoms with Crippen LogP contribution in [0.4, 0.5) is 5.69 Å². The Morgan fingerprint density at radius 1 is 1.26 bits per heavy atom. The van der Waals surface area contributed by atoms with Gasteiger partial charge >= 0.3 is 0 Å². The fourth-order valence-electron chi connectivity index (χ4n) is 2.72. The third-order valence-electron chi connectivity index (χ3n) is 4.05. The largest absolute Gasteiger partial charge is 0.448 e. The molecule has 0 bridgehead atoms. The fourth-order valence-corrected chi connectivity index (χ4v) is 3.71. The van der Waals surface area contributed by atoms with E-state index < -0.39 is 0 Å². The Morgan fingerprint density at radius 3 is 2.89 bits per heavy atom. The van der Waals surface area contributed by atoms with Crippen molar-refractivity contribution in [1.29, 1.82) is 0 Å². The maximum atomic E-state index is 12.6. The molecule has 0 fully saturated rings. The molecule has 2 N–H and O–H groups in total. The number of rotatable bonds is 5. The number of halogens is 1. The predicted octanol–water partition coefficient (Wildman–Crippen LogP) is 3.92. The second-order valence-electron chi connectivity index (χ2n) is 5.82. The zero-order valence-corrected chi connectivity index (χ0v) is 15.6. The number of carbonyl (C=O) groups excluding carboxylic acids is 1. The Morgan fingerprint density at radius 2 is 2.11 bits per heavy atom. The van der Waals surface area contributed by atoms with Crippen molar-refractivity contribution >= 4 is 41.0 Å². The third kappa shape index (κ3) is 3.99. The number of benzene rings is 2. The molecule has 0 spiro atoms. The molecular weight excluding hydrogens is 384 g/mol. The van der Waals surface area contributed by atoms with Crippen LogP contribution in [-0.4, -0.2) is 23.3 Å². The number of amidine groups is 1. The van der Waals surface area contributed by atoms with Crippen LogP contribution < -0.4 is 10.0 Å². The quantitative estimate of drug-likeness (QED) is 0.637. The summed E-state index contributed by atoms with van der Waals surface area (Å²) in [6.45, 7) is 0.336. The summed E-state index contributed by atoms with van der Waals surface area (Å²) in [5, 5.41) is 3.54. The van der Waals surface area contributed by atoms with Crippen LogP contribution in [0.2, 0.25) is 5.02 Å². The van der Waals surface area contributed by atoms with E-state index in [2.05, 4.69) is 20.0 Å². The first-order valence-electron chi connectivity index (χ1n) is 8.24. The Balaban J connectivity index is 1.50. The van der Waals surface area contributed by atoms with E-state index in [0.29, 0.717) is 23.1 Å². The number of nitrogens with zero attached hydrogens (tertiary/aromatic N) is 2. The normalized spacial score (nSPS) is 13.9.